The quantitative estimate of drug-likeness (QED) is 0.725. The van der Waals surface area contributed by atoms with Crippen LogP contribution in [0.2, 0.25) is 0 Å². The number of aliphatic hydroxyl groups excluding tert-OH is 1. The molecule has 1 aromatic heterocycles. The van der Waals surface area contributed by atoms with E-state index in [2.05, 4.69) is 52.8 Å². The van der Waals surface area contributed by atoms with Crippen molar-refractivity contribution in [2.45, 2.75) is 12.5 Å². The van der Waals surface area contributed by atoms with Crippen LogP contribution in [0.25, 0.3) is 0 Å². The Labute approximate surface area is 135 Å². The number of aliphatic hydroxyl groups is 1. The molecular weight excluding hydrogens is 445 g/mol. The molecule has 0 aliphatic carbocycles. The zero-order valence-corrected chi connectivity index (χ0v) is 14.3. The minimum atomic E-state index is -0.795. The Morgan fingerprint density at radius 2 is 1.84 bits per heavy atom. The highest BCUT2D eigenvalue weighted by Crippen LogP contribution is 2.27. The van der Waals surface area contributed by atoms with Gasteiger partial charge in [-0.15, -0.1) is 0 Å². The summed E-state index contributed by atoms with van der Waals surface area (Å²) in [6.45, 7) is 0. The van der Waals surface area contributed by atoms with Crippen molar-refractivity contribution in [3.8, 4) is 0 Å². The zero-order valence-electron chi connectivity index (χ0n) is 9.58. The molecule has 0 aliphatic heterocycles. The molecule has 2 nitrogen and oxygen atoms in total. The Hall–Kier alpha value is -0.300. The maximum Gasteiger partial charge on any atom is 0.124 e. The number of nitrogens with zero attached hydrogens (tertiary/aromatic N) is 1. The smallest absolute Gasteiger partial charge is 0.124 e. The van der Waals surface area contributed by atoms with E-state index < -0.39 is 6.10 Å². The third-order valence-electron chi connectivity index (χ3n) is 2.50. The predicted molar refractivity (Wildman–Crippen MR) is 82.4 cm³/mol. The summed E-state index contributed by atoms with van der Waals surface area (Å²) in [5, 5.41) is 10.2. The number of halogens is 4. The average Bonchev–Trinajstić information content (AvgIpc) is 2.26. The van der Waals surface area contributed by atoms with Gasteiger partial charge in [0.15, 0.2) is 0 Å². The fraction of sp³-hybridized carbons (Fsp3) is 0.154. The second kappa shape index (κ2) is 6.43. The second-order valence-electron chi connectivity index (χ2n) is 4.02. The molecular formula is C13H9Br3FNO. The number of rotatable bonds is 3. The van der Waals surface area contributed by atoms with Crippen molar-refractivity contribution in [2.24, 2.45) is 0 Å². The predicted octanol–water partition coefficient (Wildman–Crippen LogP) is 4.78. The maximum absolute atomic E-state index is 13.3. The van der Waals surface area contributed by atoms with Gasteiger partial charge in [0.25, 0.3) is 0 Å². The first-order valence-electron chi connectivity index (χ1n) is 5.39. The molecule has 1 unspecified atom stereocenters. The first-order chi connectivity index (χ1) is 8.95. The largest absolute Gasteiger partial charge is 0.386 e. The molecule has 1 atom stereocenters. The lowest BCUT2D eigenvalue weighted by molar-refractivity contribution is 0.172. The highest BCUT2D eigenvalue weighted by atomic mass is 79.9. The van der Waals surface area contributed by atoms with Gasteiger partial charge in [-0.3, -0.25) is 4.98 Å². The van der Waals surface area contributed by atoms with Crippen LogP contribution >= 0.6 is 47.8 Å². The summed E-state index contributed by atoms with van der Waals surface area (Å²) in [6, 6.07) is 6.37. The lowest BCUT2D eigenvalue weighted by atomic mass is 10.1. The second-order valence-corrected chi connectivity index (χ2v) is 6.70. The van der Waals surface area contributed by atoms with Crippen LogP contribution in [0.15, 0.2) is 43.9 Å². The van der Waals surface area contributed by atoms with Crippen molar-refractivity contribution in [2.75, 3.05) is 0 Å². The fourth-order valence-corrected chi connectivity index (χ4v) is 3.48. The van der Waals surface area contributed by atoms with Crippen LogP contribution < -0.4 is 0 Å². The molecule has 1 heterocycles. The first kappa shape index (κ1) is 15.1. The number of pyridine rings is 1. The van der Waals surface area contributed by atoms with Gasteiger partial charge in [0.05, 0.1) is 5.69 Å². The minimum Gasteiger partial charge on any atom is -0.386 e. The van der Waals surface area contributed by atoms with Crippen LogP contribution in [-0.4, -0.2) is 10.1 Å². The van der Waals surface area contributed by atoms with Gasteiger partial charge < -0.3 is 5.11 Å². The topological polar surface area (TPSA) is 33.1 Å². The summed E-state index contributed by atoms with van der Waals surface area (Å²) < 4.78 is 15.5. The lowest BCUT2D eigenvalue weighted by Crippen LogP contribution is -2.05. The maximum atomic E-state index is 13.3. The number of hydrogen-bond donors (Lipinski definition) is 1. The Kier molecular flexibility index (Phi) is 5.11. The molecule has 0 radical (unpaired) electrons. The van der Waals surface area contributed by atoms with Crippen LogP contribution in [0, 0.1) is 5.82 Å². The van der Waals surface area contributed by atoms with E-state index >= 15 is 0 Å². The third kappa shape index (κ3) is 4.08. The fourth-order valence-electron chi connectivity index (χ4n) is 1.72. The van der Waals surface area contributed by atoms with Crippen LogP contribution in [0.3, 0.4) is 0 Å². The molecule has 6 heteroatoms. The van der Waals surface area contributed by atoms with Gasteiger partial charge in [0.1, 0.15) is 11.9 Å². The van der Waals surface area contributed by atoms with E-state index in [9.17, 15) is 9.50 Å². The summed E-state index contributed by atoms with van der Waals surface area (Å²) in [5.41, 5.74) is 1.24. The molecule has 0 spiro atoms. The van der Waals surface area contributed by atoms with Gasteiger partial charge in [-0.2, -0.15) is 0 Å². The lowest BCUT2D eigenvalue weighted by Gasteiger charge is -2.12. The van der Waals surface area contributed by atoms with Crippen molar-refractivity contribution < 1.29 is 9.50 Å². The summed E-state index contributed by atoms with van der Waals surface area (Å²) in [4.78, 5) is 4.17. The normalized spacial score (nSPS) is 12.5. The Bertz CT molecular complexity index is 586. The Morgan fingerprint density at radius 1 is 1.11 bits per heavy atom. The van der Waals surface area contributed by atoms with E-state index in [1.807, 2.05) is 6.07 Å². The van der Waals surface area contributed by atoms with E-state index in [0.29, 0.717) is 26.6 Å². The minimum absolute atomic E-state index is 0.295. The van der Waals surface area contributed by atoms with Crippen LogP contribution in [-0.2, 0) is 6.42 Å². The molecule has 2 aromatic rings. The van der Waals surface area contributed by atoms with Gasteiger partial charge in [0.2, 0.25) is 0 Å². The zero-order chi connectivity index (χ0) is 14.0. The number of hydrogen-bond acceptors (Lipinski definition) is 2. The monoisotopic (exact) mass is 451 g/mol. The van der Waals surface area contributed by atoms with E-state index in [1.165, 1.54) is 12.1 Å². The molecule has 2 rings (SSSR count). The molecule has 0 bridgehead atoms. The Balaban J connectivity index is 2.22. The van der Waals surface area contributed by atoms with Crippen LogP contribution in [0.5, 0.6) is 0 Å². The van der Waals surface area contributed by atoms with Crippen molar-refractivity contribution in [3.63, 3.8) is 0 Å². The van der Waals surface area contributed by atoms with Crippen molar-refractivity contribution in [3.05, 3.63) is 61.0 Å². The number of benzene rings is 1. The Morgan fingerprint density at radius 3 is 2.47 bits per heavy atom. The highest BCUT2D eigenvalue weighted by Gasteiger charge is 2.14. The standard InChI is InChI=1S/C13H9Br3FNO/c14-8-1-7(2-10(17)4-8)3-12(19)13-11(16)5-9(15)6-18-13/h1-2,4-6,12,19H,3H2. The summed E-state index contributed by atoms with van der Waals surface area (Å²) in [6.07, 6.45) is 1.12. The molecule has 1 N–H and O–H groups in total. The van der Waals surface area contributed by atoms with E-state index in [-0.39, 0.29) is 5.82 Å². The van der Waals surface area contributed by atoms with Gasteiger partial charge in [-0.1, -0.05) is 15.9 Å². The number of aromatic nitrogens is 1. The van der Waals surface area contributed by atoms with E-state index in [0.717, 1.165) is 4.47 Å². The van der Waals surface area contributed by atoms with Crippen LogP contribution in [0.1, 0.15) is 17.4 Å². The van der Waals surface area contributed by atoms with E-state index in [1.54, 1.807) is 12.3 Å². The average molecular weight is 454 g/mol. The molecule has 19 heavy (non-hydrogen) atoms. The first-order valence-corrected chi connectivity index (χ1v) is 7.77. The van der Waals surface area contributed by atoms with Gasteiger partial charge >= 0.3 is 0 Å². The van der Waals surface area contributed by atoms with Crippen molar-refractivity contribution in [1.82, 2.24) is 4.98 Å². The molecule has 1 aromatic carbocycles. The SMILES string of the molecule is OC(Cc1cc(F)cc(Br)c1)c1ncc(Br)cc1Br. The van der Waals surface area contributed by atoms with Crippen LogP contribution in [0.4, 0.5) is 4.39 Å². The van der Waals surface area contributed by atoms with Gasteiger partial charge in [-0.25, -0.2) is 4.39 Å². The van der Waals surface area contributed by atoms with E-state index in [4.69, 9.17) is 0 Å². The van der Waals surface area contributed by atoms with Crippen molar-refractivity contribution >= 4 is 47.8 Å². The molecule has 0 saturated carbocycles. The third-order valence-corrected chi connectivity index (χ3v) is 4.03. The highest BCUT2D eigenvalue weighted by molar-refractivity contribution is 9.11. The van der Waals surface area contributed by atoms with Crippen molar-refractivity contribution in [1.29, 1.82) is 0 Å². The molecule has 0 amide bonds. The van der Waals surface area contributed by atoms with Gasteiger partial charge in [0, 0.05) is 26.0 Å². The molecule has 0 fully saturated rings. The molecule has 0 aliphatic rings. The van der Waals surface area contributed by atoms with Gasteiger partial charge in [-0.05, 0) is 61.7 Å². The summed E-state index contributed by atoms with van der Waals surface area (Å²) in [5.74, 6) is -0.334. The summed E-state index contributed by atoms with van der Waals surface area (Å²) >= 11 is 9.89. The molecule has 0 saturated heterocycles. The summed E-state index contributed by atoms with van der Waals surface area (Å²) in [7, 11) is 0. The molecule has 100 valence electrons.